The van der Waals surface area contributed by atoms with Crippen LogP contribution in [0.2, 0.25) is 0 Å². The summed E-state index contributed by atoms with van der Waals surface area (Å²) in [6.07, 6.45) is 3.54. The number of morpholine rings is 1. The summed E-state index contributed by atoms with van der Waals surface area (Å²) in [7, 11) is 5.57. The average Bonchev–Trinajstić information content (AvgIpc) is 2.63. The van der Waals surface area contributed by atoms with Gasteiger partial charge in [-0.2, -0.15) is 5.10 Å². The molecule has 2 rings (SSSR count). The molecule has 14 heavy (non-hydrogen) atoms. The van der Waals surface area contributed by atoms with Crippen LogP contribution in [0.15, 0.2) is 12.4 Å². The predicted molar refractivity (Wildman–Crippen MR) is 54.9 cm³/mol. The smallest absolute Gasteiger partial charge is 0.118 e. The van der Waals surface area contributed by atoms with Gasteiger partial charge in [-0.05, 0) is 0 Å². The van der Waals surface area contributed by atoms with Gasteiger partial charge in [0.15, 0.2) is 0 Å². The first-order chi connectivity index (χ1) is 6.84. The molecule has 0 N–H and O–H groups in total. The zero-order valence-electron chi connectivity index (χ0n) is 8.22. The van der Waals surface area contributed by atoms with Gasteiger partial charge in [0.05, 0.1) is 19.8 Å². The second-order valence-corrected chi connectivity index (χ2v) is 3.49. The third-order valence-electron chi connectivity index (χ3n) is 2.40. The van der Waals surface area contributed by atoms with Gasteiger partial charge in [-0.25, -0.2) is 0 Å². The monoisotopic (exact) mass is 191 g/mol. The van der Waals surface area contributed by atoms with Crippen LogP contribution in [0, 0.1) is 0 Å². The molecule has 5 heteroatoms. The maximum atomic E-state index is 5.57. The molecule has 0 aliphatic carbocycles. The maximum absolute atomic E-state index is 5.57. The third-order valence-corrected chi connectivity index (χ3v) is 2.40. The quantitative estimate of drug-likeness (QED) is 0.574. The van der Waals surface area contributed by atoms with Crippen LogP contribution < -0.4 is 5.46 Å². The van der Waals surface area contributed by atoms with E-state index in [-0.39, 0.29) is 0 Å². The molecule has 0 unspecified atom stereocenters. The average molecular weight is 191 g/mol. The van der Waals surface area contributed by atoms with E-state index in [0.29, 0.717) is 0 Å². The van der Waals surface area contributed by atoms with E-state index >= 15 is 0 Å². The summed E-state index contributed by atoms with van der Waals surface area (Å²) in [5.74, 6) is 0. The molecule has 2 heterocycles. The van der Waals surface area contributed by atoms with Crippen molar-refractivity contribution in [2.24, 2.45) is 0 Å². The van der Waals surface area contributed by atoms with Crippen LogP contribution in [-0.2, 0) is 11.3 Å². The van der Waals surface area contributed by atoms with E-state index in [4.69, 9.17) is 12.6 Å². The summed E-state index contributed by atoms with van der Waals surface area (Å²) >= 11 is 0. The molecule has 1 aliphatic heterocycles. The summed E-state index contributed by atoms with van der Waals surface area (Å²) < 4.78 is 7.15. The number of rotatable bonds is 3. The molecule has 1 aromatic heterocycles. The third kappa shape index (κ3) is 2.59. The van der Waals surface area contributed by atoms with Gasteiger partial charge in [0.2, 0.25) is 0 Å². The van der Waals surface area contributed by atoms with Gasteiger partial charge in [0, 0.05) is 32.0 Å². The highest BCUT2D eigenvalue weighted by atomic mass is 16.5. The summed E-state index contributed by atoms with van der Waals surface area (Å²) in [6.45, 7) is 5.66. The first-order valence-electron chi connectivity index (χ1n) is 4.92. The first-order valence-corrected chi connectivity index (χ1v) is 4.92. The van der Waals surface area contributed by atoms with Crippen LogP contribution >= 0.6 is 0 Å². The van der Waals surface area contributed by atoms with Crippen molar-refractivity contribution >= 4 is 13.3 Å². The largest absolute Gasteiger partial charge is 0.379 e. The normalized spacial score (nSPS) is 18.6. The molecule has 74 valence electrons. The minimum atomic E-state index is 0.729. The highest BCUT2D eigenvalue weighted by Gasteiger charge is 2.09. The summed E-state index contributed by atoms with van der Waals surface area (Å²) in [5.41, 5.74) is 0.729. The molecule has 1 fully saturated rings. The lowest BCUT2D eigenvalue weighted by Gasteiger charge is -2.26. The topological polar surface area (TPSA) is 30.3 Å². The van der Waals surface area contributed by atoms with Crippen molar-refractivity contribution in [3.05, 3.63) is 12.4 Å². The molecule has 0 bridgehead atoms. The van der Waals surface area contributed by atoms with Gasteiger partial charge >= 0.3 is 0 Å². The van der Waals surface area contributed by atoms with Crippen LogP contribution in [0.5, 0.6) is 0 Å². The van der Waals surface area contributed by atoms with Crippen molar-refractivity contribution in [3.63, 3.8) is 0 Å². The van der Waals surface area contributed by atoms with Gasteiger partial charge in [-0.3, -0.25) is 9.58 Å². The molecule has 1 aliphatic rings. The fourth-order valence-corrected chi connectivity index (χ4v) is 1.57. The van der Waals surface area contributed by atoms with Gasteiger partial charge in [-0.1, -0.05) is 5.46 Å². The van der Waals surface area contributed by atoms with Crippen molar-refractivity contribution < 1.29 is 4.74 Å². The minimum Gasteiger partial charge on any atom is -0.379 e. The number of hydrogen-bond acceptors (Lipinski definition) is 3. The van der Waals surface area contributed by atoms with E-state index in [1.165, 1.54) is 0 Å². The maximum Gasteiger partial charge on any atom is 0.118 e. The van der Waals surface area contributed by atoms with Crippen LogP contribution in [0.3, 0.4) is 0 Å². The van der Waals surface area contributed by atoms with E-state index in [1.54, 1.807) is 6.20 Å². The van der Waals surface area contributed by atoms with Crippen molar-refractivity contribution in [1.82, 2.24) is 14.7 Å². The first kappa shape index (κ1) is 9.74. The van der Waals surface area contributed by atoms with Crippen LogP contribution in [0.25, 0.3) is 0 Å². The van der Waals surface area contributed by atoms with Gasteiger partial charge < -0.3 is 4.74 Å². The van der Waals surface area contributed by atoms with E-state index in [0.717, 1.165) is 44.9 Å². The van der Waals surface area contributed by atoms with Crippen LogP contribution in [0.1, 0.15) is 0 Å². The van der Waals surface area contributed by atoms with Gasteiger partial charge in [0.1, 0.15) is 7.85 Å². The molecule has 0 amide bonds. The van der Waals surface area contributed by atoms with Gasteiger partial charge in [0.25, 0.3) is 0 Å². The van der Waals surface area contributed by atoms with E-state index in [1.807, 2.05) is 10.9 Å². The molecule has 1 aromatic rings. The Balaban J connectivity index is 1.76. The summed E-state index contributed by atoms with van der Waals surface area (Å²) in [4.78, 5) is 2.38. The Hall–Kier alpha value is -0.805. The molecule has 4 nitrogen and oxygen atoms in total. The van der Waals surface area contributed by atoms with E-state index < -0.39 is 0 Å². The second kappa shape index (κ2) is 4.62. The Morgan fingerprint density at radius 3 is 2.79 bits per heavy atom. The highest BCUT2D eigenvalue weighted by Crippen LogP contribution is 1.96. The minimum absolute atomic E-state index is 0.729. The molecule has 0 saturated carbocycles. The molecular weight excluding hydrogens is 177 g/mol. The zero-order chi connectivity index (χ0) is 9.80. The lowest BCUT2D eigenvalue weighted by molar-refractivity contribution is 0.0360. The van der Waals surface area contributed by atoms with Crippen molar-refractivity contribution in [3.8, 4) is 0 Å². The molecule has 1 saturated heterocycles. The zero-order valence-corrected chi connectivity index (χ0v) is 8.22. The Morgan fingerprint density at radius 2 is 2.14 bits per heavy atom. The molecular formula is C9H14BN3O. The SMILES string of the molecule is [B]c1cnn(CCN2CCOCC2)c1. The standard InChI is InChI=1S/C9H14BN3O/c10-9-7-11-13(8-9)2-1-12-3-5-14-6-4-12/h7-8H,1-6H2. The number of nitrogens with zero attached hydrogens (tertiary/aromatic N) is 3. The van der Waals surface area contributed by atoms with Crippen molar-refractivity contribution in [2.45, 2.75) is 6.54 Å². The number of ether oxygens (including phenoxy) is 1. The summed E-state index contributed by atoms with van der Waals surface area (Å²) in [6, 6.07) is 0. The molecule has 0 atom stereocenters. The fraction of sp³-hybridized carbons (Fsp3) is 0.667. The molecule has 2 radical (unpaired) electrons. The van der Waals surface area contributed by atoms with Crippen LogP contribution in [0.4, 0.5) is 0 Å². The Labute approximate surface area is 85.2 Å². The van der Waals surface area contributed by atoms with E-state index in [2.05, 4.69) is 10.00 Å². The predicted octanol–water partition coefficient (Wildman–Crippen LogP) is -0.991. The Morgan fingerprint density at radius 1 is 1.36 bits per heavy atom. The fourth-order valence-electron chi connectivity index (χ4n) is 1.57. The highest BCUT2D eigenvalue weighted by molar-refractivity contribution is 6.31. The molecule has 0 aromatic carbocycles. The molecule has 0 spiro atoms. The van der Waals surface area contributed by atoms with Crippen molar-refractivity contribution in [1.29, 1.82) is 0 Å². The number of aromatic nitrogens is 2. The lowest BCUT2D eigenvalue weighted by atomic mass is 10.0. The lowest BCUT2D eigenvalue weighted by Crippen LogP contribution is -2.38. The van der Waals surface area contributed by atoms with Gasteiger partial charge in [-0.15, -0.1) is 0 Å². The Bertz CT molecular complexity index is 283. The van der Waals surface area contributed by atoms with Crippen LogP contribution in [-0.4, -0.2) is 55.4 Å². The Kier molecular flexibility index (Phi) is 3.21. The summed E-state index contributed by atoms with van der Waals surface area (Å²) in [5, 5.41) is 4.13. The number of hydrogen-bond donors (Lipinski definition) is 0. The van der Waals surface area contributed by atoms with Crippen molar-refractivity contribution in [2.75, 3.05) is 32.8 Å². The van der Waals surface area contributed by atoms with E-state index in [9.17, 15) is 0 Å². The second-order valence-electron chi connectivity index (χ2n) is 3.49.